The lowest BCUT2D eigenvalue weighted by Crippen LogP contribution is -2.59. The van der Waals surface area contributed by atoms with Crippen molar-refractivity contribution in [3.05, 3.63) is 59.2 Å². The first-order valence-electron chi connectivity index (χ1n) is 9.10. The van der Waals surface area contributed by atoms with Crippen molar-refractivity contribution in [3.8, 4) is 11.5 Å². The molecule has 0 bridgehead atoms. The van der Waals surface area contributed by atoms with E-state index in [-0.39, 0.29) is 35.0 Å². The molecule has 2 aliphatic heterocycles. The highest BCUT2D eigenvalue weighted by Gasteiger charge is 2.56. The van der Waals surface area contributed by atoms with Crippen LogP contribution in [0.15, 0.2) is 36.4 Å². The monoisotopic (exact) mass is 342 g/mol. The van der Waals surface area contributed by atoms with Gasteiger partial charge in [-0.15, -0.1) is 0 Å². The molecular weight excluding hydrogens is 322 g/mol. The quantitative estimate of drug-likeness (QED) is 0.668. The molecule has 1 saturated carbocycles. The second-order valence-electron chi connectivity index (χ2n) is 7.47. The molecule has 0 aromatic heterocycles. The zero-order valence-corrected chi connectivity index (χ0v) is 13.9. The van der Waals surface area contributed by atoms with Crippen LogP contribution in [0, 0.1) is 23.5 Å². The lowest BCUT2D eigenvalue weighted by molar-refractivity contribution is -0.212. The maximum absolute atomic E-state index is 14.4. The van der Waals surface area contributed by atoms with E-state index in [9.17, 15) is 8.78 Å². The van der Waals surface area contributed by atoms with Crippen LogP contribution in [0.5, 0.6) is 11.5 Å². The van der Waals surface area contributed by atoms with Crippen molar-refractivity contribution in [1.29, 1.82) is 0 Å². The fraction of sp³-hybridized carbons (Fsp3) is 0.429. The predicted molar refractivity (Wildman–Crippen MR) is 89.6 cm³/mol. The van der Waals surface area contributed by atoms with Crippen LogP contribution >= 0.6 is 0 Å². The Morgan fingerprint density at radius 3 is 1.72 bits per heavy atom. The SMILES string of the molecule is Fc1cccc2c1OC13Oc4c(F)cccc4C[C@H]1CCCC[C@@H]3C2. The van der Waals surface area contributed by atoms with Gasteiger partial charge in [-0.1, -0.05) is 37.1 Å². The molecule has 0 radical (unpaired) electrons. The summed E-state index contributed by atoms with van der Waals surface area (Å²) in [6.45, 7) is 0. The number of rotatable bonds is 0. The summed E-state index contributed by atoms with van der Waals surface area (Å²) in [5, 5.41) is 0. The molecule has 2 aromatic carbocycles. The van der Waals surface area contributed by atoms with Gasteiger partial charge in [0.2, 0.25) is 0 Å². The Morgan fingerprint density at radius 2 is 1.24 bits per heavy atom. The number of benzene rings is 2. The minimum absolute atomic E-state index is 0.113. The van der Waals surface area contributed by atoms with Crippen LogP contribution < -0.4 is 9.47 Å². The highest BCUT2D eigenvalue weighted by atomic mass is 19.1. The number of hydrogen-bond donors (Lipinski definition) is 0. The molecule has 3 aliphatic rings. The minimum atomic E-state index is -0.957. The van der Waals surface area contributed by atoms with Gasteiger partial charge in [-0.2, -0.15) is 0 Å². The Bertz CT molecular complexity index is 763. The molecule has 1 spiro atoms. The zero-order chi connectivity index (χ0) is 17.0. The molecule has 2 aromatic rings. The van der Waals surface area contributed by atoms with Gasteiger partial charge in [0.05, 0.1) is 0 Å². The molecule has 130 valence electrons. The van der Waals surface area contributed by atoms with Gasteiger partial charge >= 0.3 is 0 Å². The first-order chi connectivity index (χ1) is 12.2. The third-order valence-electron chi connectivity index (χ3n) is 6.05. The summed E-state index contributed by atoms with van der Waals surface area (Å²) in [7, 11) is 0. The average molecular weight is 342 g/mol. The van der Waals surface area contributed by atoms with Crippen LogP contribution in [0.2, 0.25) is 0 Å². The summed E-state index contributed by atoms with van der Waals surface area (Å²) >= 11 is 0. The molecule has 2 nitrogen and oxygen atoms in total. The van der Waals surface area contributed by atoms with Crippen LogP contribution in [-0.4, -0.2) is 5.79 Å². The summed E-state index contributed by atoms with van der Waals surface area (Å²) < 4.78 is 41.4. The number of ether oxygens (including phenoxy) is 2. The molecular formula is C21H20F2O2. The molecule has 4 heteroatoms. The predicted octanol–water partition coefficient (Wildman–Crippen LogP) is 5.04. The second-order valence-corrected chi connectivity index (χ2v) is 7.47. The Kier molecular flexibility index (Phi) is 3.31. The molecule has 25 heavy (non-hydrogen) atoms. The van der Waals surface area contributed by atoms with E-state index < -0.39 is 5.79 Å². The van der Waals surface area contributed by atoms with Crippen molar-refractivity contribution in [2.24, 2.45) is 11.8 Å². The van der Waals surface area contributed by atoms with E-state index in [1.54, 1.807) is 12.1 Å². The molecule has 1 fully saturated rings. The first-order valence-corrected chi connectivity index (χ1v) is 9.10. The second kappa shape index (κ2) is 5.45. The topological polar surface area (TPSA) is 18.5 Å². The number of halogens is 2. The molecule has 5 rings (SSSR count). The Balaban J connectivity index is 1.66. The van der Waals surface area contributed by atoms with Gasteiger partial charge in [0.15, 0.2) is 23.1 Å². The van der Waals surface area contributed by atoms with E-state index in [4.69, 9.17) is 9.47 Å². The molecule has 2 heterocycles. The smallest absolute Gasteiger partial charge is 0.257 e. The third-order valence-corrected chi connectivity index (χ3v) is 6.05. The van der Waals surface area contributed by atoms with Crippen LogP contribution in [0.4, 0.5) is 8.78 Å². The van der Waals surface area contributed by atoms with Gasteiger partial charge in [-0.3, -0.25) is 0 Å². The van der Waals surface area contributed by atoms with Crippen molar-refractivity contribution < 1.29 is 18.3 Å². The highest BCUT2D eigenvalue weighted by molar-refractivity contribution is 5.42. The van der Waals surface area contributed by atoms with E-state index in [2.05, 4.69) is 0 Å². The van der Waals surface area contributed by atoms with E-state index in [0.717, 1.165) is 36.8 Å². The van der Waals surface area contributed by atoms with Gasteiger partial charge in [-0.05, 0) is 48.9 Å². The lowest BCUT2D eigenvalue weighted by atomic mass is 9.75. The van der Waals surface area contributed by atoms with Crippen LogP contribution in [-0.2, 0) is 12.8 Å². The molecule has 0 N–H and O–H groups in total. The number of hydrogen-bond acceptors (Lipinski definition) is 2. The van der Waals surface area contributed by atoms with Gasteiger partial charge in [0.25, 0.3) is 5.79 Å². The van der Waals surface area contributed by atoms with E-state index in [0.29, 0.717) is 12.8 Å². The summed E-state index contributed by atoms with van der Waals surface area (Å²) in [6, 6.07) is 10.1. The maximum atomic E-state index is 14.4. The lowest BCUT2D eigenvalue weighted by Gasteiger charge is -2.50. The zero-order valence-electron chi connectivity index (χ0n) is 13.9. The summed E-state index contributed by atoms with van der Waals surface area (Å²) in [5.41, 5.74) is 1.78. The largest absolute Gasteiger partial charge is 0.448 e. The average Bonchev–Trinajstić information content (AvgIpc) is 2.78. The van der Waals surface area contributed by atoms with Gasteiger partial charge in [0.1, 0.15) is 0 Å². The standard InChI is InChI=1S/C21H20F2O2/c22-17-9-3-5-13-11-15-7-1-2-8-16-12-14-6-4-10-18(23)20(14)25-21(15,16)24-19(13)17/h3-6,9-10,15-16H,1-2,7-8,11-12H2/t15-,16-,21?/m1/s1. The van der Waals surface area contributed by atoms with Crippen molar-refractivity contribution in [2.75, 3.05) is 0 Å². The van der Waals surface area contributed by atoms with Gasteiger partial charge in [0, 0.05) is 11.8 Å². The number of fused-ring (bicyclic) bond motifs is 2. The Morgan fingerprint density at radius 1 is 0.760 bits per heavy atom. The number of para-hydroxylation sites is 2. The van der Waals surface area contributed by atoms with Crippen LogP contribution in [0.25, 0.3) is 0 Å². The van der Waals surface area contributed by atoms with E-state index in [1.165, 1.54) is 12.1 Å². The minimum Gasteiger partial charge on any atom is -0.448 e. The van der Waals surface area contributed by atoms with E-state index >= 15 is 0 Å². The van der Waals surface area contributed by atoms with Gasteiger partial charge in [-0.25, -0.2) is 8.78 Å². The maximum Gasteiger partial charge on any atom is 0.257 e. The summed E-state index contributed by atoms with van der Waals surface area (Å²) in [4.78, 5) is 0. The highest BCUT2D eigenvalue weighted by Crippen LogP contribution is 2.52. The first kappa shape index (κ1) is 15.2. The Hall–Kier alpha value is -2.10. The summed E-state index contributed by atoms with van der Waals surface area (Å²) in [5.74, 6) is -0.895. The van der Waals surface area contributed by atoms with Crippen molar-refractivity contribution in [1.82, 2.24) is 0 Å². The van der Waals surface area contributed by atoms with Gasteiger partial charge < -0.3 is 9.47 Å². The van der Waals surface area contributed by atoms with Crippen molar-refractivity contribution in [2.45, 2.75) is 44.3 Å². The fourth-order valence-electron chi connectivity index (χ4n) is 4.87. The molecule has 2 atom stereocenters. The molecule has 1 aliphatic carbocycles. The fourth-order valence-corrected chi connectivity index (χ4v) is 4.87. The normalized spacial score (nSPS) is 29.8. The van der Waals surface area contributed by atoms with Crippen molar-refractivity contribution >= 4 is 0 Å². The third kappa shape index (κ3) is 2.19. The Labute approximate surface area is 145 Å². The molecule has 0 unspecified atom stereocenters. The molecule has 0 amide bonds. The van der Waals surface area contributed by atoms with Crippen LogP contribution in [0.1, 0.15) is 36.8 Å². The van der Waals surface area contributed by atoms with Crippen molar-refractivity contribution in [3.63, 3.8) is 0 Å². The van der Waals surface area contributed by atoms with Crippen LogP contribution in [0.3, 0.4) is 0 Å². The molecule has 0 saturated heterocycles. The van der Waals surface area contributed by atoms with E-state index in [1.807, 2.05) is 12.1 Å². The summed E-state index contributed by atoms with van der Waals surface area (Å²) in [6.07, 6.45) is 5.53.